The topological polar surface area (TPSA) is 320 Å². The van der Waals surface area contributed by atoms with E-state index in [1.807, 2.05) is 6.92 Å². The summed E-state index contributed by atoms with van der Waals surface area (Å²) in [5.74, 6) is -4.18. The summed E-state index contributed by atoms with van der Waals surface area (Å²) in [4.78, 5) is 51.1. The molecule has 2 aliphatic carbocycles. The number of hydrogen-bond acceptors (Lipinski definition) is 18. The van der Waals surface area contributed by atoms with Gasteiger partial charge in [-0.3, -0.25) is 14.4 Å². The van der Waals surface area contributed by atoms with E-state index < -0.39 is 138 Å². The molecule has 4 aliphatic rings. The Kier molecular flexibility index (Phi) is 25.0. The van der Waals surface area contributed by atoms with Gasteiger partial charge in [0.15, 0.2) is 12.6 Å². The predicted molar refractivity (Wildman–Crippen MR) is 204 cm³/mol. The molecule has 0 spiro atoms. The first-order chi connectivity index (χ1) is 28.2. The van der Waals surface area contributed by atoms with Crippen molar-refractivity contribution in [2.75, 3.05) is 13.2 Å². The number of hydrogen-bond donors (Lipinski definition) is 7. The van der Waals surface area contributed by atoms with Gasteiger partial charge in [0, 0.05) is 32.2 Å². The van der Waals surface area contributed by atoms with Crippen LogP contribution in [0.3, 0.4) is 0 Å². The van der Waals surface area contributed by atoms with Gasteiger partial charge < -0.3 is 74.3 Å². The first kappa shape index (κ1) is 57.7. The minimum Gasteiger partial charge on any atom is -0.748 e. The van der Waals surface area contributed by atoms with Crippen molar-refractivity contribution in [3.63, 3.8) is 0 Å². The van der Waals surface area contributed by atoms with Crippen molar-refractivity contribution in [1.82, 2.24) is 10.6 Å². The fraction of sp³-hybridized carbons (Fsp3) is 0.897. The van der Waals surface area contributed by atoms with E-state index in [0.29, 0.717) is 6.42 Å². The summed E-state index contributed by atoms with van der Waals surface area (Å²) in [5.41, 5.74) is 0. The third kappa shape index (κ3) is 16.1. The third-order valence-electron chi connectivity index (χ3n) is 12.3. The molecule has 0 aromatic rings. The Morgan fingerprint density at radius 1 is 0.903 bits per heavy atom. The van der Waals surface area contributed by atoms with Gasteiger partial charge in [-0.25, -0.2) is 8.42 Å². The number of aliphatic hydroxyl groups is 5. The summed E-state index contributed by atoms with van der Waals surface area (Å²) in [5, 5.41) is 69.7. The van der Waals surface area contributed by atoms with Gasteiger partial charge in [-0.1, -0.05) is 45.4 Å². The molecule has 4 rings (SSSR count). The Morgan fingerprint density at radius 3 is 2.15 bits per heavy atom. The molecule has 2 heterocycles. The maximum atomic E-state index is 13.8. The number of rotatable bonds is 20. The molecule has 20 nitrogen and oxygen atoms in total. The van der Waals surface area contributed by atoms with Gasteiger partial charge in [-0.15, -0.1) is 0 Å². The van der Waals surface area contributed by atoms with E-state index in [1.54, 1.807) is 0 Å². The van der Waals surface area contributed by atoms with Gasteiger partial charge in [-0.05, 0) is 51.4 Å². The van der Waals surface area contributed by atoms with E-state index in [9.17, 15) is 62.8 Å². The zero-order chi connectivity index (χ0) is 44.5. The standard InChI is InChI=1S/C39H66N2O18S.2Na/c1-5-23-16-24(25(44)12-9-13-40-29(45)14-19(2)60(52,53)54)17-26(35(23)59-39-34(49)33(48)31(46)20(3)55-39)57-38-30(41-21(4)43)36(32(47)28(18-42)58-38)56-27(37(50)51)15-22-10-7-6-8-11-22;;/h19-20,22-24,26-28,30-36,38-39,42,46-49H,5-18H2,1-4H3,(H,40,45)(H,41,43)(H,50,51)(H,52,53,54);;/q;2*+1/p-2/t19?,20?,23?,24?,26-,27+,28+,30?,31-,32+,33+,34?,35-,36?,38-,39+;;/m1../s1. The van der Waals surface area contributed by atoms with E-state index in [4.69, 9.17) is 23.7 Å². The quantitative estimate of drug-likeness (QED) is 0.0339. The van der Waals surface area contributed by atoms with Crippen LogP contribution in [0.1, 0.15) is 105 Å². The Balaban J connectivity index is 0.00000661. The van der Waals surface area contributed by atoms with E-state index >= 15 is 0 Å². The van der Waals surface area contributed by atoms with Crippen LogP contribution in [-0.4, -0.2) is 160 Å². The van der Waals surface area contributed by atoms with Crippen LogP contribution in [-0.2, 0) is 53.0 Å². The number of ketones is 1. The molecule has 2 saturated carbocycles. The second-order valence-corrected chi connectivity index (χ2v) is 18.6. The van der Waals surface area contributed by atoms with Crippen LogP contribution in [0.5, 0.6) is 0 Å². The summed E-state index contributed by atoms with van der Waals surface area (Å²) in [6.45, 7) is 4.87. The summed E-state index contributed by atoms with van der Waals surface area (Å²) < 4.78 is 64.4. The molecule has 0 radical (unpaired) electrons. The molecule has 23 heteroatoms. The van der Waals surface area contributed by atoms with E-state index in [-0.39, 0.29) is 109 Å². The minimum atomic E-state index is -4.66. The molecule has 2 aliphatic heterocycles. The number of carbonyl (C=O) groups excluding carboxylic acids is 4. The molecule has 346 valence electrons. The molecule has 62 heavy (non-hydrogen) atoms. The fourth-order valence-corrected chi connectivity index (χ4v) is 9.10. The Morgan fingerprint density at radius 2 is 1.56 bits per heavy atom. The van der Waals surface area contributed by atoms with Crippen molar-refractivity contribution in [3.05, 3.63) is 0 Å². The Labute approximate surface area is 407 Å². The second-order valence-electron chi connectivity index (χ2n) is 16.8. The second kappa shape index (κ2) is 26.8. The van der Waals surface area contributed by atoms with Crippen molar-refractivity contribution in [1.29, 1.82) is 0 Å². The largest absolute Gasteiger partial charge is 1.00 e. The number of ether oxygens (including phenoxy) is 5. The van der Waals surface area contributed by atoms with E-state index in [1.165, 1.54) is 13.8 Å². The first-order valence-corrected chi connectivity index (χ1v) is 22.5. The maximum absolute atomic E-state index is 13.8. The monoisotopic (exact) mass is 926 g/mol. The normalized spacial score (nSPS) is 35.3. The molecular formula is C39H64N2Na2O18S. The number of amides is 2. The maximum Gasteiger partial charge on any atom is 1.00 e. The van der Waals surface area contributed by atoms with Crippen LogP contribution in [0.15, 0.2) is 0 Å². The van der Waals surface area contributed by atoms with Crippen molar-refractivity contribution in [2.45, 2.75) is 190 Å². The van der Waals surface area contributed by atoms with Crippen LogP contribution in [0, 0.1) is 17.8 Å². The molecule has 0 bridgehead atoms. The van der Waals surface area contributed by atoms with E-state index in [0.717, 1.165) is 39.0 Å². The fourth-order valence-electron chi connectivity index (χ4n) is 8.75. The van der Waals surface area contributed by atoms with Gasteiger partial charge in [-0.2, -0.15) is 0 Å². The van der Waals surface area contributed by atoms with Gasteiger partial charge in [0.25, 0.3) is 0 Å². The molecule has 2 saturated heterocycles. The van der Waals surface area contributed by atoms with Crippen LogP contribution in [0.25, 0.3) is 0 Å². The van der Waals surface area contributed by atoms with Crippen LogP contribution >= 0.6 is 0 Å². The van der Waals surface area contributed by atoms with Gasteiger partial charge in [0.2, 0.25) is 11.8 Å². The molecule has 2 amide bonds. The summed E-state index contributed by atoms with van der Waals surface area (Å²) in [6.07, 6.45) is -12.1. The Bertz CT molecular complexity index is 1540. The number of aliphatic hydroxyl groups excluding tert-OH is 5. The smallest absolute Gasteiger partial charge is 0.748 e. The van der Waals surface area contributed by atoms with Gasteiger partial charge in [0.1, 0.15) is 48.4 Å². The summed E-state index contributed by atoms with van der Waals surface area (Å²) in [6, 6.07) is -1.37. The molecular weight excluding hydrogens is 862 g/mol. The zero-order valence-corrected chi connectivity index (χ0v) is 41.5. The number of carboxylic acid groups (broad SMARTS) is 1. The van der Waals surface area contributed by atoms with Crippen molar-refractivity contribution in [3.8, 4) is 0 Å². The van der Waals surface area contributed by atoms with Crippen molar-refractivity contribution >= 4 is 33.7 Å². The molecule has 16 atom stereocenters. The number of aliphatic carboxylic acids is 1. The summed E-state index contributed by atoms with van der Waals surface area (Å²) >= 11 is 0. The number of carboxylic acids is 1. The molecule has 4 fully saturated rings. The van der Waals surface area contributed by atoms with Crippen molar-refractivity contribution in [2.24, 2.45) is 17.8 Å². The number of Topliss-reactive ketones (excluding diaryl/α,β-unsaturated/α-hetero) is 1. The van der Waals surface area contributed by atoms with Gasteiger partial charge in [0.05, 0.1) is 52.4 Å². The van der Waals surface area contributed by atoms with Crippen LogP contribution in [0.4, 0.5) is 0 Å². The average Bonchev–Trinajstić information content (AvgIpc) is 3.19. The van der Waals surface area contributed by atoms with Crippen molar-refractivity contribution < 1.29 is 146 Å². The molecule has 7 N–H and O–H groups in total. The minimum absolute atomic E-state index is 0. The third-order valence-corrected chi connectivity index (χ3v) is 13.4. The van der Waals surface area contributed by atoms with Gasteiger partial charge >= 0.3 is 59.1 Å². The predicted octanol–water partition coefficient (Wildman–Crippen LogP) is -8.13. The van der Waals surface area contributed by atoms with E-state index in [2.05, 4.69) is 10.6 Å². The number of nitrogens with one attached hydrogen (secondary N) is 2. The van der Waals surface area contributed by atoms with Crippen LogP contribution < -0.4 is 74.9 Å². The first-order valence-electron chi connectivity index (χ1n) is 21.1. The molecule has 0 aromatic carbocycles. The van der Waals surface area contributed by atoms with Crippen LogP contribution in [0.2, 0.25) is 0 Å². The summed E-state index contributed by atoms with van der Waals surface area (Å²) in [7, 11) is -4.66. The Hall–Kier alpha value is -0.410. The SMILES string of the molecule is CCC1CC(C(=O)CCCNC(=O)CC(C)S(=O)(=O)[O-])C[C@@H](O[C@@H]2O[C@@H](CO)[C@H](O)C(O[C@@H](CC3CCCCC3)C(=O)[O-])C2NC(C)=O)[C@@H]1O[C@@H]1OC(C)[C@@H](O)[C@H](O)C1O.[Na+].[Na+]. The number of carbonyl (C=O) groups is 4. The average molecular weight is 927 g/mol. The zero-order valence-electron chi connectivity index (χ0n) is 36.7. The molecule has 0 aromatic heterocycles. The molecule has 7 unspecified atom stereocenters.